The summed E-state index contributed by atoms with van der Waals surface area (Å²) in [6, 6.07) is 1.14. The summed E-state index contributed by atoms with van der Waals surface area (Å²) in [6.45, 7) is -0.127. The molecule has 0 aromatic carbocycles. The van der Waals surface area contributed by atoms with Gasteiger partial charge < -0.3 is 9.63 Å². The summed E-state index contributed by atoms with van der Waals surface area (Å²) in [6.07, 6.45) is -2.38. The summed E-state index contributed by atoms with van der Waals surface area (Å²) in [5, 5.41) is 11.5. The maximum Gasteiger partial charge on any atom is 0.283 e. The highest BCUT2D eigenvalue weighted by Gasteiger charge is 2.12. The van der Waals surface area contributed by atoms with E-state index in [1.165, 1.54) is 0 Å². The van der Waals surface area contributed by atoms with Gasteiger partial charge in [0.1, 0.15) is 11.5 Å². The number of alkyl halides is 2. The van der Waals surface area contributed by atoms with Crippen LogP contribution in [0.25, 0.3) is 0 Å². The van der Waals surface area contributed by atoms with E-state index in [-0.39, 0.29) is 24.5 Å². The molecule has 0 saturated heterocycles. The Balaban J connectivity index is 2.66. The Kier molecular flexibility index (Phi) is 2.53. The molecule has 11 heavy (non-hydrogen) atoms. The van der Waals surface area contributed by atoms with Crippen LogP contribution in [0.1, 0.15) is 17.9 Å². The number of aliphatic hydroxyl groups excluding tert-OH is 1. The van der Waals surface area contributed by atoms with Gasteiger partial charge in [-0.25, -0.2) is 8.78 Å². The van der Waals surface area contributed by atoms with Crippen molar-refractivity contribution in [2.24, 2.45) is 0 Å². The van der Waals surface area contributed by atoms with Gasteiger partial charge in [0.2, 0.25) is 0 Å². The van der Waals surface area contributed by atoms with Gasteiger partial charge in [-0.1, -0.05) is 5.16 Å². The Morgan fingerprint density at radius 3 is 2.82 bits per heavy atom. The average molecular weight is 163 g/mol. The molecule has 0 spiro atoms. The summed E-state index contributed by atoms with van der Waals surface area (Å²) in [4.78, 5) is 0. The molecule has 0 unspecified atom stereocenters. The van der Waals surface area contributed by atoms with Crippen molar-refractivity contribution < 1.29 is 18.4 Å². The van der Waals surface area contributed by atoms with Crippen molar-refractivity contribution in [1.29, 1.82) is 0 Å². The number of halogens is 2. The molecule has 0 radical (unpaired) electrons. The summed E-state index contributed by atoms with van der Waals surface area (Å²) in [7, 11) is 0. The first kappa shape index (κ1) is 8.13. The van der Waals surface area contributed by atoms with Gasteiger partial charge in [0.25, 0.3) is 6.43 Å². The van der Waals surface area contributed by atoms with Gasteiger partial charge in [-0.15, -0.1) is 0 Å². The minimum absolute atomic E-state index is 0.127. The smallest absolute Gasteiger partial charge is 0.283 e. The van der Waals surface area contributed by atoms with E-state index in [0.29, 0.717) is 0 Å². The van der Waals surface area contributed by atoms with Crippen molar-refractivity contribution in [3.63, 3.8) is 0 Å². The van der Waals surface area contributed by atoms with Gasteiger partial charge in [0, 0.05) is 12.5 Å². The molecule has 1 aromatic rings. The van der Waals surface area contributed by atoms with Crippen molar-refractivity contribution >= 4 is 0 Å². The van der Waals surface area contributed by atoms with Crippen LogP contribution in [0.2, 0.25) is 0 Å². The Hall–Kier alpha value is -0.970. The van der Waals surface area contributed by atoms with Crippen molar-refractivity contribution in [3.8, 4) is 0 Å². The van der Waals surface area contributed by atoms with Crippen LogP contribution in [-0.2, 0) is 6.42 Å². The number of hydrogen-bond acceptors (Lipinski definition) is 3. The van der Waals surface area contributed by atoms with E-state index < -0.39 is 6.43 Å². The molecule has 62 valence electrons. The van der Waals surface area contributed by atoms with Crippen LogP contribution < -0.4 is 0 Å². The highest BCUT2D eigenvalue weighted by molar-refractivity contribution is 5.06. The minimum atomic E-state index is -2.61. The highest BCUT2D eigenvalue weighted by atomic mass is 19.3. The molecule has 1 heterocycles. The third kappa shape index (κ3) is 1.98. The van der Waals surface area contributed by atoms with E-state index in [4.69, 9.17) is 5.11 Å². The van der Waals surface area contributed by atoms with E-state index in [1.54, 1.807) is 0 Å². The quantitative estimate of drug-likeness (QED) is 0.726. The third-order valence-corrected chi connectivity index (χ3v) is 1.16. The second-order valence-corrected chi connectivity index (χ2v) is 1.99. The normalized spacial score (nSPS) is 10.9. The molecular weight excluding hydrogens is 156 g/mol. The van der Waals surface area contributed by atoms with Gasteiger partial charge in [-0.2, -0.15) is 0 Å². The topological polar surface area (TPSA) is 46.3 Å². The van der Waals surface area contributed by atoms with Gasteiger partial charge in [0.05, 0.1) is 6.61 Å². The lowest BCUT2D eigenvalue weighted by Gasteiger charge is -1.85. The molecule has 1 aromatic heterocycles. The molecule has 0 atom stereocenters. The lowest BCUT2D eigenvalue weighted by molar-refractivity contribution is 0.140. The second-order valence-electron chi connectivity index (χ2n) is 1.99. The SMILES string of the molecule is OCCc1cc(C(F)F)no1. The number of rotatable bonds is 3. The fourth-order valence-electron chi connectivity index (χ4n) is 0.660. The van der Waals surface area contributed by atoms with Gasteiger partial charge in [-0.05, 0) is 0 Å². The zero-order chi connectivity index (χ0) is 8.27. The van der Waals surface area contributed by atoms with E-state index >= 15 is 0 Å². The first-order valence-corrected chi connectivity index (χ1v) is 3.08. The monoisotopic (exact) mass is 163 g/mol. The first-order valence-electron chi connectivity index (χ1n) is 3.08. The van der Waals surface area contributed by atoms with Crippen LogP contribution in [0.3, 0.4) is 0 Å². The molecule has 3 nitrogen and oxygen atoms in total. The molecule has 1 N–H and O–H groups in total. The lowest BCUT2D eigenvalue weighted by atomic mass is 10.3. The van der Waals surface area contributed by atoms with Crippen LogP contribution in [0, 0.1) is 0 Å². The number of hydrogen-bond donors (Lipinski definition) is 1. The van der Waals surface area contributed by atoms with Crippen LogP contribution in [-0.4, -0.2) is 16.9 Å². The van der Waals surface area contributed by atoms with Crippen LogP contribution in [0.4, 0.5) is 8.78 Å². The van der Waals surface area contributed by atoms with Gasteiger partial charge >= 0.3 is 0 Å². The Morgan fingerprint density at radius 1 is 1.64 bits per heavy atom. The van der Waals surface area contributed by atoms with Crippen LogP contribution in [0.5, 0.6) is 0 Å². The molecule has 0 aliphatic rings. The molecule has 0 saturated carbocycles. The summed E-state index contributed by atoms with van der Waals surface area (Å²) >= 11 is 0. The molecule has 0 aliphatic carbocycles. The first-order chi connectivity index (χ1) is 5.24. The van der Waals surface area contributed by atoms with E-state index in [1.807, 2.05) is 0 Å². The fraction of sp³-hybridized carbons (Fsp3) is 0.500. The maximum absolute atomic E-state index is 11.8. The largest absolute Gasteiger partial charge is 0.396 e. The van der Waals surface area contributed by atoms with Crippen molar-refractivity contribution in [2.45, 2.75) is 12.8 Å². The van der Waals surface area contributed by atoms with E-state index in [0.717, 1.165) is 6.07 Å². The van der Waals surface area contributed by atoms with Gasteiger partial charge in [0.15, 0.2) is 0 Å². The lowest BCUT2D eigenvalue weighted by Crippen LogP contribution is -1.86. The predicted molar refractivity (Wildman–Crippen MR) is 32.2 cm³/mol. The van der Waals surface area contributed by atoms with E-state index in [2.05, 4.69) is 9.68 Å². The number of aliphatic hydroxyl groups is 1. The summed E-state index contributed by atoms with van der Waals surface area (Å²) < 4.78 is 28.1. The molecule has 1 rings (SSSR count). The number of nitrogens with zero attached hydrogens (tertiary/aromatic N) is 1. The zero-order valence-electron chi connectivity index (χ0n) is 5.63. The molecule has 0 bridgehead atoms. The van der Waals surface area contributed by atoms with Crippen molar-refractivity contribution in [1.82, 2.24) is 5.16 Å². The molecular formula is C6H7F2NO2. The van der Waals surface area contributed by atoms with Gasteiger partial charge in [-0.3, -0.25) is 0 Å². The number of aromatic nitrogens is 1. The Bertz CT molecular complexity index is 224. The standard InChI is InChI=1S/C6H7F2NO2/c7-6(8)5-3-4(1-2-10)11-9-5/h3,6,10H,1-2H2. The second kappa shape index (κ2) is 3.43. The Labute approximate surface area is 61.6 Å². The van der Waals surface area contributed by atoms with Crippen LogP contribution >= 0.6 is 0 Å². The van der Waals surface area contributed by atoms with Crippen molar-refractivity contribution in [3.05, 3.63) is 17.5 Å². The van der Waals surface area contributed by atoms with Crippen LogP contribution in [0.15, 0.2) is 10.6 Å². The average Bonchev–Trinajstić information content (AvgIpc) is 2.37. The molecule has 0 amide bonds. The zero-order valence-corrected chi connectivity index (χ0v) is 5.63. The summed E-state index contributed by atoms with van der Waals surface area (Å²) in [5.41, 5.74) is -0.381. The van der Waals surface area contributed by atoms with E-state index in [9.17, 15) is 8.78 Å². The highest BCUT2D eigenvalue weighted by Crippen LogP contribution is 2.17. The fourth-order valence-corrected chi connectivity index (χ4v) is 0.660. The summed E-state index contributed by atoms with van der Waals surface area (Å²) in [5.74, 6) is 0.280. The Morgan fingerprint density at radius 2 is 2.36 bits per heavy atom. The minimum Gasteiger partial charge on any atom is -0.396 e. The maximum atomic E-state index is 11.8. The molecule has 0 aliphatic heterocycles. The van der Waals surface area contributed by atoms with Crippen molar-refractivity contribution in [2.75, 3.05) is 6.61 Å². The predicted octanol–water partition coefficient (Wildman–Crippen LogP) is 1.15. The molecule has 0 fully saturated rings. The third-order valence-electron chi connectivity index (χ3n) is 1.16. The molecule has 5 heteroatoms.